The molecule has 4 rings (SSSR count). The fraction of sp³-hybridized carbons (Fsp3) is 0.111. The number of anilines is 1. The number of hydrogen-bond acceptors (Lipinski definition) is 5. The topological polar surface area (TPSA) is 76.9 Å². The minimum absolute atomic E-state index is 0.0680. The van der Waals surface area contributed by atoms with Gasteiger partial charge in [0.25, 0.3) is 11.5 Å². The van der Waals surface area contributed by atoms with Gasteiger partial charge in [0.1, 0.15) is 11.2 Å². The van der Waals surface area contributed by atoms with E-state index in [0.29, 0.717) is 10.8 Å². The lowest BCUT2D eigenvalue weighted by Gasteiger charge is -2.07. The van der Waals surface area contributed by atoms with Crippen molar-refractivity contribution in [2.24, 2.45) is 7.05 Å². The number of rotatable bonds is 2. The second kappa shape index (κ2) is 5.78. The summed E-state index contributed by atoms with van der Waals surface area (Å²) in [5.41, 5.74) is 2.17. The molecule has 1 amide bonds. The fourth-order valence-electron chi connectivity index (χ4n) is 2.71. The Morgan fingerprint density at radius 1 is 1.24 bits per heavy atom. The third kappa shape index (κ3) is 2.68. The number of carbonyl (C=O) groups is 1. The van der Waals surface area contributed by atoms with E-state index in [-0.39, 0.29) is 11.1 Å². The monoisotopic (exact) mass is 350 g/mol. The van der Waals surface area contributed by atoms with Crippen molar-refractivity contribution >= 4 is 43.6 Å². The zero-order valence-electron chi connectivity index (χ0n) is 13.6. The molecule has 0 aliphatic carbocycles. The van der Waals surface area contributed by atoms with Gasteiger partial charge in [0.2, 0.25) is 0 Å². The van der Waals surface area contributed by atoms with Crippen LogP contribution in [0.2, 0.25) is 0 Å². The van der Waals surface area contributed by atoms with Gasteiger partial charge in [-0.3, -0.25) is 19.5 Å². The third-order valence-corrected chi connectivity index (χ3v) is 4.91. The maximum Gasteiger partial charge on any atom is 0.264 e. The molecule has 3 heterocycles. The Morgan fingerprint density at radius 2 is 2.08 bits per heavy atom. The second-order valence-corrected chi connectivity index (χ2v) is 6.81. The molecule has 0 saturated carbocycles. The summed E-state index contributed by atoms with van der Waals surface area (Å²) < 4.78 is 2.37. The van der Waals surface area contributed by atoms with Crippen LogP contribution in [-0.2, 0) is 7.05 Å². The molecule has 0 saturated heterocycles. The zero-order valence-corrected chi connectivity index (χ0v) is 14.4. The Labute approximate surface area is 146 Å². The Morgan fingerprint density at radius 3 is 2.92 bits per heavy atom. The summed E-state index contributed by atoms with van der Waals surface area (Å²) in [5.74, 6) is -0.470. The number of nitrogens with one attached hydrogen (secondary N) is 1. The van der Waals surface area contributed by atoms with Gasteiger partial charge in [0, 0.05) is 18.6 Å². The number of thiazole rings is 1. The molecule has 0 fully saturated rings. The molecule has 1 aromatic carbocycles. The van der Waals surface area contributed by atoms with E-state index in [0.717, 1.165) is 21.2 Å². The summed E-state index contributed by atoms with van der Waals surface area (Å²) in [6.07, 6.45) is 1.62. The summed E-state index contributed by atoms with van der Waals surface area (Å²) >= 11 is 1.38. The van der Waals surface area contributed by atoms with Gasteiger partial charge in [-0.2, -0.15) is 0 Å². The first-order chi connectivity index (χ1) is 12.0. The van der Waals surface area contributed by atoms with Gasteiger partial charge in [-0.1, -0.05) is 17.4 Å². The molecule has 7 heteroatoms. The highest BCUT2D eigenvalue weighted by atomic mass is 32.1. The molecule has 0 unspecified atom stereocenters. The first kappa shape index (κ1) is 15.5. The normalized spacial score (nSPS) is 11.1. The van der Waals surface area contributed by atoms with Crippen molar-refractivity contribution in [2.75, 3.05) is 5.32 Å². The lowest BCUT2D eigenvalue weighted by atomic mass is 10.2. The number of benzene rings is 1. The van der Waals surface area contributed by atoms with Crippen LogP contribution in [0.15, 0.2) is 47.4 Å². The average molecular weight is 350 g/mol. The molecule has 0 radical (unpaired) electrons. The van der Waals surface area contributed by atoms with E-state index in [4.69, 9.17) is 0 Å². The number of hydrogen-bond donors (Lipinski definition) is 1. The molecule has 0 spiro atoms. The van der Waals surface area contributed by atoms with Crippen molar-refractivity contribution in [3.8, 4) is 0 Å². The number of aryl methyl sites for hydroxylation is 2. The van der Waals surface area contributed by atoms with Crippen molar-refractivity contribution in [1.82, 2.24) is 14.5 Å². The summed E-state index contributed by atoms with van der Waals surface area (Å²) in [7, 11) is 1.61. The van der Waals surface area contributed by atoms with Crippen LogP contribution < -0.4 is 10.9 Å². The van der Waals surface area contributed by atoms with Crippen LogP contribution in [0.5, 0.6) is 0 Å². The Hall–Kier alpha value is -3.06. The second-order valence-electron chi connectivity index (χ2n) is 5.78. The van der Waals surface area contributed by atoms with E-state index in [9.17, 15) is 9.59 Å². The molecule has 0 aliphatic heterocycles. The van der Waals surface area contributed by atoms with Gasteiger partial charge < -0.3 is 0 Å². The predicted molar refractivity (Wildman–Crippen MR) is 99.3 cm³/mol. The van der Waals surface area contributed by atoms with Gasteiger partial charge in [-0.25, -0.2) is 9.97 Å². The highest BCUT2D eigenvalue weighted by molar-refractivity contribution is 7.22. The summed E-state index contributed by atoms with van der Waals surface area (Å²) in [6.45, 7) is 2.00. The van der Waals surface area contributed by atoms with Gasteiger partial charge >= 0.3 is 0 Å². The smallest absolute Gasteiger partial charge is 0.264 e. The van der Waals surface area contributed by atoms with Crippen LogP contribution in [-0.4, -0.2) is 20.4 Å². The number of nitrogens with zero attached hydrogens (tertiary/aromatic N) is 3. The van der Waals surface area contributed by atoms with E-state index >= 15 is 0 Å². The Kier molecular flexibility index (Phi) is 3.58. The van der Waals surface area contributed by atoms with E-state index in [1.807, 2.05) is 31.2 Å². The Balaban J connectivity index is 1.74. The van der Waals surface area contributed by atoms with Crippen LogP contribution in [0, 0.1) is 6.92 Å². The standard InChI is InChI=1S/C18H14N4O2S/c1-10-5-6-13-14(8-10)25-18(20-13)21-16(23)12-9-11-4-3-7-19-15(11)22(2)17(12)24/h3-9H,1-2H3,(H,20,21,23). The van der Waals surface area contributed by atoms with Crippen molar-refractivity contribution in [3.63, 3.8) is 0 Å². The number of fused-ring (bicyclic) bond motifs is 2. The molecule has 3 aromatic heterocycles. The third-order valence-electron chi connectivity index (χ3n) is 3.98. The predicted octanol–water partition coefficient (Wildman–Crippen LogP) is 3.10. The molecule has 0 atom stereocenters. The van der Waals surface area contributed by atoms with Crippen LogP contribution >= 0.6 is 11.3 Å². The molecule has 25 heavy (non-hydrogen) atoms. The van der Waals surface area contributed by atoms with E-state index in [1.54, 1.807) is 25.4 Å². The highest BCUT2D eigenvalue weighted by Crippen LogP contribution is 2.27. The van der Waals surface area contributed by atoms with Crippen molar-refractivity contribution in [2.45, 2.75) is 6.92 Å². The molecule has 0 aliphatic rings. The lowest BCUT2D eigenvalue weighted by molar-refractivity contribution is 0.102. The van der Waals surface area contributed by atoms with Gasteiger partial charge in [-0.15, -0.1) is 0 Å². The Bertz CT molecular complexity index is 1190. The minimum atomic E-state index is -0.470. The van der Waals surface area contributed by atoms with Crippen molar-refractivity contribution in [1.29, 1.82) is 0 Å². The molecular weight excluding hydrogens is 336 g/mol. The van der Waals surface area contributed by atoms with E-state index in [1.165, 1.54) is 15.9 Å². The summed E-state index contributed by atoms with van der Waals surface area (Å²) in [5, 5.41) is 3.94. The SMILES string of the molecule is Cc1ccc2nc(NC(=O)c3cc4cccnc4n(C)c3=O)sc2c1. The number of aromatic nitrogens is 3. The molecule has 124 valence electrons. The number of carbonyl (C=O) groups excluding carboxylic acids is 1. The van der Waals surface area contributed by atoms with Crippen LogP contribution in [0.3, 0.4) is 0 Å². The first-order valence-electron chi connectivity index (χ1n) is 7.66. The average Bonchev–Trinajstić information content (AvgIpc) is 2.99. The number of amides is 1. The maximum atomic E-state index is 12.6. The maximum absolute atomic E-state index is 12.6. The molecule has 0 bridgehead atoms. The minimum Gasteiger partial charge on any atom is -0.298 e. The molecule has 4 aromatic rings. The first-order valence-corrected chi connectivity index (χ1v) is 8.48. The van der Waals surface area contributed by atoms with E-state index < -0.39 is 5.91 Å². The summed E-state index contributed by atoms with van der Waals surface area (Å²) in [6, 6.07) is 11.1. The lowest BCUT2D eigenvalue weighted by Crippen LogP contribution is -2.28. The molecular formula is C18H14N4O2S. The highest BCUT2D eigenvalue weighted by Gasteiger charge is 2.16. The molecule has 6 nitrogen and oxygen atoms in total. The van der Waals surface area contributed by atoms with Crippen LogP contribution in [0.1, 0.15) is 15.9 Å². The van der Waals surface area contributed by atoms with Crippen molar-refractivity contribution in [3.05, 3.63) is 64.1 Å². The van der Waals surface area contributed by atoms with Gasteiger partial charge in [0.05, 0.1) is 10.2 Å². The largest absolute Gasteiger partial charge is 0.298 e. The van der Waals surface area contributed by atoms with Gasteiger partial charge in [-0.05, 0) is 42.8 Å². The fourth-order valence-corrected chi connectivity index (χ4v) is 3.67. The number of pyridine rings is 2. The van der Waals surface area contributed by atoms with Crippen LogP contribution in [0.4, 0.5) is 5.13 Å². The summed E-state index contributed by atoms with van der Waals surface area (Å²) in [4.78, 5) is 33.7. The zero-order chi connectivity index (χ0) is 17.6. The van der Waals surface area contributed by atoms with Crippen LogP contribution in [0.25, 0.3) is 21.3 Å². The van der Waals surface area contributed by atoms with E-state index in [2.05, 4.69) is 15.3 Å². The molecule has 1 N–H and O–H groups in total. The van der Waals surface area contributed by atoms with Gasteiger partial charge in [0.15, 0.2) is 5.13 Å². The van der Waals surface area contributed by atoms with Crippen molar-refractivity contribution < 1.29 is 4.79 Å². The quantitative estimate of drug-likeness (QED) is 0.603.